The Morgan fingerprint density at radius 1 is 0.885 bits per heavy atom. The van der Waals surface area contributed by atoms with Crippen LogP contribution in [-0.4, -0.2) is 26.8 Å². The van der Waals surface area contributed by atoms with Crippen molar-refractivity contribution in [3.63, 3.8) is 0 Å². The lowest BCUT2D eigenvalue weighted by molar-refractivity contribution is 0.314. The smallest absolute Gasteiger partial charge is 0.245 e. The van der Waals surface area contributed by atoms with E-state index in [0.717, 1.165) is 12.1 Å². The minimum Gasteiger partial charge on any atom is -0.367 e. The number of nitrogens with one attached hydrogen (secondary N) is 2. The second-order valence-corrected chi connectivity index (χ2v) is 6.07. The van der Waals surface area contributed by atoms with E-state index < -0.39 is 0 Å². The standard InChI is InChI=1S/C18H15ClN6O/c19-13-7-4-8-14(11-13)21-16-15(22-17-18(23-16)25-26-24-17)20-10-9-12-5-2-1-3-6-12/h1-8,11H,9-10H2,(H,20,22,24)(H,21,23,25). The first-order chi connectivity index (χ1) is 12.8. The van der Waals surface area contributed by atoms with Gasteiger partial charge in [0.15, 0.2) is 11.6 Å². The van der Waals surface area contributed by atoms with E-state index in [9.17, 15) is 0 Å². The quantitative estimate of drug-likeness (QED) is 0.531. The summed E-state index contributed by atoms with van der Waals surface area (Å²) in [6, 6.07) is 17.6. The van der Waals surface area contributed by atoms with Gasteiger partial charge in [-0.1, -0.05) is 48.0 Å². The molecule has 2 aromatic carbocycles. The van der Waals surface area contributed by atoms with Gasteiger partial charge in [0.05, 0.1) is 0 Å². The molecule has 0 aliphatic rings. The largest absolute Gasteiger partial charge is 0.367 e. The molecule has 0 unspecified atom stereocenters. The lowest BCUT2D eigenvalue weighted by Crippen LogP contribution is -2.10. The highest BCUT2D eigenvalue weighted by Gasteiger charge is 2.13. The van der Waals surface area contributed by atoms with Gasteiger partial charge in [0.1, 0.15) is 0 Å². The van der Waals surface area contributed by atoms with Gasteiger partial charge in [-0.15, -0.1) is 0 Å². The number of nitrogens with zero attached hydrogens (tertiary/aromatic N) is 4. The molecule has 4 aromatic rings. The first kappa shape index (κ1) is 16.3. The number of benzene rings is 2. The zero-order valence-electron chi connectivity index (χ0n) is 13.7. The van der Waals surface area contributed by atoms with Crippen molar-refractivity contribution in [2.45, 2.75) is 6.42 Å². The first-order valence-electron chi connectivity index (χ1n) is 8.08. The van der Waals surface area contributed by atoms with Crippen LogP contribution in [0.25, 0.3) is 11.3 Å². The van der Waals surface area contributed by atoms with Crippen LogP contribution < -0.4 is 10.6 Å². The van der Waals surface area contributed by atoms with Gasteiger partial charge in [-0.05, 0) is 40.5 Å². The van der Waals surface area contributed by atoms with Crippen LogP contribution in [0.4, 0.5) is 17.3 Å². The van der Waals surface area contributed by atoms with Crippen molar-refractivity contribution >= 4 is 40.2 Å². The lowest BCUT2D eigenvalue weighted by Gasteiger charge is -2.12. The molecule has 26 heavy (non-hydrogen) atoms. The lowest BCUT2D eigenvalue weighted by atomic mass is 10.1. The molecule has 0 bridgehead atoms. The number of aromatic nitrogens is 4. The van der Waals surface area contributed by atoms with E-state index in [4.69, 9.17) is 16.2 Å². The van der Waals surface area contributed by atoms with E-state index in [1.807, 2.05) is 42.5 Å². The Morgan fingerprint density at radius 3 is 2.42 bits per heavy atom. The fraction of sp³-hybridized carbons (Fsp3) is 0.111. The molecule has 0 saturated heterocycles. The third-order valence-electron chi connectivity index (χ3n) is 3.75. The highest BCUT2D eigenvalue weighted by atomic mass is 35.5. The summed E-state index contributed by atoms with van der Waals surface area (Å²) >= 11 is 6.05. The fourth-order valence-corrected chi connectivity index (χ4v) is 2.71. The molecule has 2 aromatic heterocycles. The molecule has 0 aliphatic heterocycles. The highest BCUT2D eigenvalue weighted by Crippen LogP contribution is 2.25. The number of fused-ring (bicyclic) bond motifs is 1. The minimum absolute atomic E-state index is 0.336. The van der Waals surface area contributed by atoms with Gasteiger partial charge < -0.3 is 10.6 Å². The molecule has 0 radical (unpaired) electrons. The summed E-state index contributed by atoms with van der Waals surface area (Å²) in [5.74, 6) is 1.10. The van der Waals surface area contributed by atoms with Crippen LogP contribution in [0.2, 0.25) is 5.02 Å². The van der Waals surface area contributed by atoms with E-state index in [-0.39, 0.29) is 0 Å². The SMILES string of the molecule is Clc1cccc(Nc2nc3nonc3nc2NCCc2ccccc2)c1. The van der Waals surface area contributed by atoms with E-state index >= 15 is 0 Å². The zero-order valence-corrected chi connectivity index (χ0v) is 14.4. The molecule has 0 aliphatic carbocycles. The molecule has 2 N–H and O–H groups in total. The Morgan fingerprint density at radius 2 is 1.65 bits per heavy atom. The molecule has 0 fully saturated rings. The van der Waals surface area contributed by atoms with Crippen molar-refractivity contribution in [2.75, 3.05) is 17.2 Å². The topological polar surface area (TPSA) is 88.8 Å². The summed E-state index contributed by atoms with van der Waals surface area (Å²) < 4.78 is 4.72. The van der Waals surface area contributed by atoms with Crippen molar-refractivity contribution in [1.29, 1.82) is 0 Å². The number of halogens is 1. The van der Waals surface area contributed by atoms with Crippen LogP contribution in [0.3, 0.4) is 0 Å². The fourth-order valence-electron chi connectivity index (χ4n) is 2.52. The van der Waals surface area contributed by atoms with Crippen molar-refractivity contribution < 1.29 is 4.63 Å². The minimum atomic E-state index is 0.336. The molecular formula is C18H15ClN6O. The molecule has 0 atom stereocenters. The summed E-state index contributed by atoms with van der Waals surface area (Å²) in [5.41, 5.74) is 2.72. The van der Waals surface area contributed by atoms with Crippen LogP contribution in [0, 0.1) is 0 Å². The molecular weight excluding hydrogens is 352 g/mol. The third kappa shape index (κ3) is 3.73. The number of rotatable bonds is 6. The average molecular weight is 367 g/mol. The van der Waals surface area contributed by atoms with Crippen molar-refractivity contribution in [3.05, 3.63) is 65.2 Å². The van der Waals surface area contributed by atoms with Gasteiger partial charge in [0.25, 0.3) is 0 Å². The number of hydrogen-bond donors (Lipinski definition) is 2. The molecule has 0 saturated carbocycles. The number of hydrogen-bond acceptors (Lipinski definition) is 7. The highest BCUT2D eigenvalue weighted by molar-refractivity contribution is 6.30. The van der Waals surface area contributed by atoms with Gasteiger partial charge >= 0.3 is 0 Å². The zero-order chi connectivity index (χ0) is 17.8. The van der Waals surface area contributed by atoms with Crippen molar-refractivity contribution in [2.24, 2.45) is 0 Å². The van der Waals surface area contributed by atoms with Gasteiger partial charge in [-0.25, -0.2) is 14.6 Å². The van der Waals surface area contributed by atoms with E-state index in [0.29, 0.717) is 34.5 Å². The molecule has 0 amide bonds. The molecule has 0 spiro atoms. The molecule has 8 heteroatoms. The monoisotopic (exact) mass is 366 g/mol. The Hall–Kier alpha value is -3.19. The summed E-state index contributed by atoms with van der Waals surface area (Å²) in [7, 11) is 0. The van der Waals surface area contributed by atoms with Crippen molar-refractivity contribution in [1.82, 2.24) is 20.3 Å². The Labute approximate surface area is 154 Å². The summed E-state index contributed by atoms with van der Waals surface area (Å²) in [4.78, 5) is 8.89. The van der Waals surface area contributed by atoms with Crippen LogP contribution in [0.5, 0.6) is 0 Å². The van der Waals surface area contributed by atoms with Gasteiger partial charge in [-0.3, -0.25) is 0 Å². The molecule has 7 nitrogen and oxygen atoms in total. The second-order valence-electron chi connectivity index (χ2n) is 5.63. The van der Waals surface area contributed by atoms with E-state index in [2.05, 4.69) is 43.0 Å². The normalized spacial score (nSPS) is 10.8. The van der Waals surface area contributed by atoms with Crippen LogP contribution in [-0.2, 0) is 6.42 Å². The number of anilines is 3. The Balaban J connectivity index is 1.57. The second kappa shape index (κ2) is 7.37. The van der Waals surface area contributed by atoms with Gasteiger partial charge in [-0.2, -0.15) is 0 Å². The first-order valence-corrected chi connectivity index (χ1v) is 8.46. The van der Waals surface area contributed by atoms with Gasteiger partial charge in [0.2, 0.25) is 11.3 Å². The molecule has 130 valence electrons. The maximum Gasteiger partial charge on any atom is 0.245 e. The van der Waals surface area contributed by atoms with E-state index in [1.54, 1.807) is 0 Å². The summed E-state index contributed by atoms with van der Waals surface area (Å²) in [5, 5.41) is 14.7. The van der Waals surface area contributed by atoms with Crippen LogP contribution in [0.1, 0.15) is 5.56 Å². The average Bonchev–Trinajstić information content (AvgIpc) is 3.10. The Bertz CT molecular complexity index is 1020. The van der Waals surface area contributed by atoms with Crippen LogP contribution >= 0.6 is 11.6 Å². The van der Waals surface area contributed by atoms with Crippen molar-refractivity contribution in [3.8, 4) is 0 Å². The van der Waals surface area contributed by atoms with Crippen LogP contribution in [0.15, 0.2) is 59.2 Å². The molecule has 4 rings (SSSR count). The predicted molar refractivity (Wildman–Crippen MR) is 101 cm³/mol. The summed E-state index contributed by atoms with van der Waals surface area (Å²) in [6.07, 6.45) is 0.855. The molecule has 2 heterocycles. The van der Waals surface area contributed by atoms with Gasteiger partial charge in [0, 0.05) is 17.3 Å². The maximum atomic E-state index is 6.05. The predicted octanol–water partition coefficient (Wildman–Crippen LogP) is 4.06. The van der Waals surface area contributed by atoms with E-state index in [1.165, 1.54) is 5.56 Å². The Kier molecular flexibility index (Phi) is 4.61. The third-order valence-corrected chi connectivity index (χ3v) is 3.99. The maximum absolute atomic E-state index is 6.05. The summed E-state index contributed by atoms with van der Waals surface area (Å²) in [6.45, 7) is 0.694.